The lowest BCUT2D eigenvalue weighted by Crippen LogP contribution is -2.30. The van der Waals surface area contributed by atoms with E-state index in [0.717, 1.165) is 89.9 Å². The highest BCUT2D eigenvalue weighted by Gasteiger charge is 2.19. The Kier molecular flexibility index (Phi) is 48.0. The molecule has 63 heavy (non-hydrogen) atoms. The molecule has 6 heteroatoms. The second kappa shape index (κ2) is 51.0. The molecule has 0 bridgehead atoms. The Labute approximate surface area is 387 Å². The van der Waals surface area contributed by atoms with Crippen molar-refractivity contribution in [2.24, 2.45) is 0 Å². The average molecular weight is 875 g/mol. The van der Waals surface area contributed by atoms with Crippen molar-refractivity contribution in [2.75, 3.05) is 13.2 Å². The van der Waals surface area contributed by atoms with Crippen molar-refractivity contribution in [2.45, 2.75) is 232 Å². The summed E-state index contributed by atoms with van der Waals surface area (Å²) in [5.74, 6) is -1.07. The normalized spacial score (nSPS) is 12.9. The highest BCUT2D eigenvalue weighted by Crippen LogP contribution is 2.13. The first-order valence-corrected chi connectivity index (χ1v) is 25.7. The van der Waals surface area contributed by atoms with Crippen molar-refractivity contribution in [3.63, 3.8) is 0 Å². The molecule has 0 aromatic heterocycles. The van der Waals surface area contributed by atoms with Gasteiger partial charge in [0.2, 0.25) is 0 Å². The number of esters is 3. The fraction of sp³-hybridized carbons (Fsp3) is 0.667. The van der Waals surface area contributed by atoms with Gasteiger partial charge in [0.15, 0.2) is 6.10 Å². The standard InChI is InChI=1S/C57H94O6/c1-4-7-10-13-16-19-22-24-26-27-28-29-31-32-35-38-41-44-47-50-56(59)62-53-54(52-61-55(58)49-46-43-40-37-34-21-18-15-12-9-6-3)63-57(60)51-48-45-42-39-36-33-30-25-23-20-17-14-11-8-5-2/h8,11,15-20,24-26,30,36,39,45,48,54H,4-7,9-10,12-14,21-23,27-29,31-35,37-38,40-44,46-47,49-53H2,1-3H3/b11-8-,18-15-,19-16-,20-17-,26-24-,30-25-,39-36-,48-45-. The summed E-state index contributed by atoms with van der Waals surface area (Å²) in [4.78, 5) is 37.9. The summed E-state index contributed by atoms with van der Waals surface area (Å²) in [7, 11) is 0. The smallest absolute Gasteiger partial charge is 0.310 e. The van der Waals surface area contributed by atoms with Crippen molar-refractivity contribution in [1.82, 2.24) is 0 Å². The molecule has 0 fully saturated rings. The molecule has 0 N–H and O–H groups in total. The molecule has 0 saturated carbocycles. The van der Waals surface area contributed by atoms with Crippen LogP contribution in [0, 0.1) is 0 Å². The van der Waals surface area contributed by atoms with Gasteiger partial charge >= 0.3 is 17.9 Å². The highest BCUT2D eigenvalue weighted by atomic mass is 16.6. The minimum atomic E-state index is -0.836. The van der Waals surface area contributed by atoms with Gasteiger partial charge < -0.3 is 14.2 Å². The van der Waals surface area contributed by atoms with Crippen LogP contribution < -0.4 is 0 Å². The van der Waals surface area contributed by atoms with Gasteiger partial charge in [-0.05, 0) is 96.3 Å². The van der Waals surface area contributed by atoms with Crippen LogP contribution in [0.2, 0.25) is 0 Å². The summed E-state index contributed by atoms with van der Waals surface area (Å²) in [6.45, 7) is 6.35. The summed E-state index contributed by atoms with van der Waals surface area (Å²) in [5.41, 5.74) is 0. The Morgan fingerprint density at radius 2 is 0.683 bits per heavy atom. The maximum absolute atomic E-state index is 12.7. The van der Waals surface area contributed by atoms with Gasteiger partial charge in [0, 0.05) is 12.8 Å². The van der Waals surface area contributed by atoms with Crippen LogP contribution in [0.15, 0.2) is 97.2 Å². The lowest BCUT2D eigenvalue weighted by molar-refractivity contribution is -0.166. The first-order valence-electron chi connectivity index (χ1n) is 25.7. The van der Waals surface area contributed by atoms with Crippen LogP contribution in [0.25, 0.3) is 0 Å². The molecule has 0 amide bonds. The van der Waals surface area contributed by atoms with E-state index in [-0.39, 0.29) is 31.6 Å². The summed E-state index contributed by atoms with van der Waals surface area (Å²) in [6.07, 6.45) is 67.0. The Morgan fingerprint density at radius 1 is 0.349 bits per heavy atom. The second-order valence-electron chi connectivity index (χ2n) is 16.7. The van der Waals surface area contributed by atoms with E-state index in [4.69, 9.17) is 14.2 Å². The Hall–Kier alpha value is -3.67. The summed E-state index contributed by atoms with van der Waals surface area (Å²) in [6, 6.07) is 0. The summed E-state index contributed by atoms with van der Waals surface area (Å²) < 4.78 is 16.7. The number of carbonyl (C=O) groups is 3. The molecule has 6 nitrogen and oxygen atoms in total. The lowest BCUT2D eigenvalue weighted by atomic mass is 10.1. The number of unbranched alkanes of at least 4 members (excludes halogenated alkanes) is 19. The molecule has 0 spiro atoms. The van der Waals surface area contributed by atoms with Crippen LogP contribution in [0.3, 0.4) is 0 Å². The van der Waals surface area contributed by atoms with Crippen molar-refractivity contribution < 1.29 is 28.6 Å². The van der Waals surface area contributed by atoms with Crippen LogP contribution in [0.5, 0.6) is 0 Å². The zero-order valence-electron chi connectivity index (χ0n) is 40.8. The lowest BCUT2D eigenvalue weighted by Gasteiger charge is -2.18. The molecule has 0 rings (SSSR count). The molecule has 1 atom stereocenters. The number of carbonyl (C=O) groups excluding carboxylic acids is 3. The van der Waals surface area contributed by atoms with Gasteiger partial charge in [-0.3, -0.25) is 14.4 Å². The van der Waals surface area contributed by atoms with E-state index in [2.05, 4.69) is 106 Å². The average Bonchev–Trinajstić information content (AvgIpc) is 3.28. The zero-order valence-corrected chi connectivity index (χ0v) is 40.8. The topological polar surface area (TPSA) is 78.9 Å². The summed E-state index contributed by atoms with van der Waals surface area (Å²) in [5, 5.41) is 0. The van der Waals surface area contributed by atoms with Gasteiger partial charge in [0.1, 0.15) is 13.2 Å². The van der Waals surface area contributed by atoms with Crippen LogP contribution in [-0.4, -0.2) is 37.2 Å². The van der Waals surface area contributed by atoms with E-state index in [1.807, 2.05) is 6.08 Å². The van der Waals surface area contributed by atoms with E-state index in [9.17, 15) is 14.4 Å². The van der Waals surface area contributed by atoms with E-state index in [1.165, 1.54) is 96.3 Å². The zero-order chi connectivity index (χ0) is 45.8. The van der Waals surface area contributed by atoms with Gasteiger partial charge in [-0.15, -0.1) is 0 Å². The van der Waals surface area contributed by atoms with E-state index in [1.54, 1.807) is 6.08 Å². The first-order chi connectivity index (χ1) is 31.0. The van der Waals surface area contributed by atoms with E-state index in [0.29, 0.717) is 12.8 Å². The third kappa shape index (κ3) is 49.2. The van der Waals surface area contributed by atoms with Crippen molar-refractivity contribution >= 4 is 17.9 Å². The van der Waals surface area contributed by atoms with Gasteiger partial charge in [0.05, 0.1) is 6.42 Å². The minimum Gasteiger partial charge on any atom is -0.462 e. The predicted molar refractivity (Wildman–Crippen MR) is 270 cm³/mol. The number of ether oxygens (including phenoxy) is 3. The molecular formula is C57H94O6. The van der Waals surface area contributed by atoms with Crippen LogP contribution in [0.1, 0.15) is 226 Å². The molecular weight excluding hydrogens is 781 g/mol. The number of hydrogen-bond acceptors (Lipinski definition) is 6. The minimum absolute atomic E-state index is 0.0924. The molecule has 0 aliphatic rings. The molecule has 0 aromatic rings. The fourth-order valence-corrected chi connectivity index (χ4v) is 6.70. The molecule has 0 saturated heterocycles. The fourth-order valence-electron chi connectivity index (χ4n) is 6.70. The van der Waals surface area contributed by atoms with Gasteiger partial charge in [-0.1, -0.05) is 208 Å². The number of hydrogen-bond donors (Lipinski definition) is 0. The first kappa shape index (κ1) is 59.3. The molecule has 0 radical (unpaired) electrons. The van der Waals surface area contributed by atoms with Crippen LogP contribution in [0.4, 0.5) is 0 Å². The second-order valence-corrected chi connectivity index (χ2v) is 16.7. The van der Waals surface area contributed by atoms with Crippen LogP contribution >= 0.6 is 0 Å². The van der Waals surface area contributed by atoms with Gasteiger partial charge in [-0.25, -0.2) is 0 Å². The van der Waals surface area contributed by atoms with Crippen LogP contribution in [-0.2, 0) is 28.6 Å². The van der Waals surface area contributed by atoms with Gasteiger partial charge in [-0.2, -0.15) is 0 Å². The predicted octanol–water partition coefficient (Wildman–Crippen LogP) is 17.0. The number of rotatable bonds is 45. The highest BCUT2D eigenvalue weighted by molar-refractivity contribution is 5.72. The SMILES string of the molecule is CC/C=C\C/C=C\C/C=C\C/C=C\C/C=C\CC(=O)OC(COC(=O)CCCCCCC/C=C\CCCC)COC(=O)CCCCCCCCCCC/C=C\C/C=C\CCCCC. The number of allylic oxidation sites excluding steroid dienone is 15. The van der Waals surface area contributed by atoms with Crippen molar-refractivity contribution in [3.05, 3.63) is 97.2 Å². The summed E-state index contributed by atoms with van der Waals surface area (Å²) >= 11 is 0. The van der Waals surface area contributed by atoms with E-state index >= 15 is 0 Å². The third-order valence-electron chi connectivity index (χ3n) is 10.6. The van der Waals surface area contributed by atoms with Crippen molar-refractivity contribution in [1.29, 1.82) is 0 Å². The quantitative estimate of drug-likeness (QED) is 0.0262. The van der Waals surface area contributed by atoms with E-state index < -0.39 is 12.1 Å². The Morgan fingerprint density at radius 3 is 1.11 bits per heavy atom. The largest absolute Gasteiger partial charge is 0.462 e. The molecule has 0 aromatic carbocycles. The maximum Gasteiger partial charge on any atom is 0.310 e. The van der Waals surface area contributed by atoms with Gasteiger partial charge in [0.25, 0.3) is 0 Å². The molecule has 358 valence electrons. The molecule has 0 heterocycles. The molecule has 0 aliphatic carbocycles. The third-order valence-corrected chi connectivity index (χ3v) is 10.6. The molecule has 1 unspecified atom stereocenters. The monoisotopic (exact) mass is 875 g/mol. The van der Waals surface area contributed by atoms with Crippen molar-refractivity contribution in [3.8, 4) is 0 Å². The Bertz CT molecular complexity index is 1280. The molecule has 0 aliphatic heterocycles. The maximum atomic E-state index is 12.7. The Balaban J connectivity index is 4.47.